The van der Waals surface area contributed by atoms with E-state index in [1.54, 1.807) is 0 Å². The maximum absolute atomic E-state index is 6.00. The Morgan fingerprint density at radius 2 is 2.18 bits per heavy atom. The highest BCUT2D eigenvalue weighted by Crippen LogP contribution is 2.35. The van der Waals surface area contributed by atoms with Crippen LogP contribution in [0.15, 0.2) is 0 Å². The second kappa shape index (κ2) is 6.42. The third-order valence-corrected chi connectivity index (χ3v) is 3.92. The third-order valence-electron chi connectivity index (χ3n) is 3.92. The molecule has 0 bridgehead atoms. The van der Waals surface area contributed by atoms with E-state index in [4.69, 9.17) is 12.2 Å². The van der Waals surface area contributed by atoms with Gasteiger partial charge in [-0.2, -0.15) is 0 Å². The molecule has 0 spiro atoms. The number of nitrogens with one attached hydrogen (secondary N) is 1. The van der Waals surface area contributed by atoms with Crippen LogP contribution in [0.3, 0.4) is 0 Å². The van der Waals surface area contributed by atoms with Gasteiger partial charge in [0.1, 0.15) is 0 Å². The van der Waals surface area contributed by atoms with Crippen molar-refractivity contribution in [3.63, 3.8) is 0 Å². The molecule has 1 aliphatic rings. The monoisotopic (exact) mass is 236 g/mol. The second-order valence-electron chi connectivity index (χ2n) is 6.11. The zero-order valence-corrected chi connectivity index (χ0v) is 11.6. The van der Waals surface area contributed by atoms with Gasteiger partial charge in [-0.05, 0) is 38.0 Å². The summed E-state index contributed by atoms with van der Waals surface area (Å²) in [6.07, 6.45) is 11.8. The van der Waals surface area contributed by atoms with Crippen molar-refractivity contribution < 1.29 is 0 Å². The Morgan fingerprint density at radius 1 is 1.47 bits per heavy atom. The van der Waals surface area contributed by atoms with Crippen LogP contribution in [0.5, 0.6) is 0 Å². The Hall–Kier alpha value is -0.520. The molecule has 0 aromatic heterocycles. The lowest BCUT2D eigenvalue weighted by Gasteiger charge is -2.42. The van der Waals surface area contributed by atoms with Crippen molar-refractivity contribution in [2.24, 2.45) is 17.6 Å². The minimum Gasteiger partial charge on any atom is -0.329 e. The third kappa shape index (κ3) is 4.33. The summed E-state index contributed by atoms with van der Waals surface area (Å²) in [4.78, 5) is 0. The van der Waals surface area contributed by atoms with E-state index in [1.165, 1.54) is 32.1 Å². The Kier molecular flexibility index (Phi) is 5.49. The van der Waals surface area contributed by atoms with Gasteiger partial charge in [0.2, 0.25) is 0 Å². The van der Waals surface area contributed by atoms with Crippen molar-refractivity contribution in [3.8, 4) is 12.3 Å². The first kappa shape index (κ1) is 14.5. The quantitative estimate of drug-likeness (QED) is 0.720. The van der Waals surface area contributed by atoms with E-state index in [1.807, 2.05) is 6.92 Å². The predicted molar refractivity (Wildman–Crippen MR) is 74.6 cm³/mol. The van der Waals surface area contributed by atoms with Gasteiger partial charge in [-0.1, -0.05) is 32.6 Å². The summed E-state index contributed by atoms with van der Waals surface area (Å²) in [6.45, 7) is 7.35. The highest BCUT2D eigenvalue weighted by Gasteiger charge is 2.35. The van der Waals surface area contributed by atoms with Gasteiger partial charge in [0.25, 0.3) is 0 Å². The fraction of sp³-hybridized carbons (Fsp3) is 0.867. The molecule has 3 atom stereocenters. The maximum atomic E-state index is 6.00. The number of nitrogens with two attached hydrogens (primary N) is 1. The summed E-state index contributed by atoms with van der Waals surface area (Å²) < 4.78 is 0. The minimum absolute atomic E-state index is 0.0869. The highest BCUT2D eigenvalue weighted by atomic mass is 15.0. The molecule has 1 rings (SSSR count). The van der Waals surface area contributed by atoms with E-state index in [0.717, 1.165) is 11.8 Å². The molecule has 3 N–H and O–H groups in total. The van der Waals surface area contributed by atoms with Gasteiger partial charge in [0, 0.05) is 12.1 Å². The molecule has 0 saturated heterocycles. The van der Waals surface area contributed by atoms with Gasteiger partial charge in [0.15, 0.2) is 0 Å². The second-order valence-corrected chi connectivity index (χ2v) is 6.11. The van der Waals surface area contributed by atoms with Crippen LogP contribution in [0, 0.1) is 24.2 Å². The van der Waals surface area contributed by atoms with Gasteiger partial charge in [0.05, 0.1) is 6.04 Å². The summed E-state index contributed by atoms with van der Waals surface area (Å²) in [6, 6.07) is 0.122. The van der Waals surface area contributed by atoms with Crippen LogP contribution in [0.1, 0.15) is 52.9 Å². The van der Waals surface area contributed by atoms with Crippen molar-refractivity contribution in [1.29, 1.82) is 0 Å². The van der Waals surface area contributed by atoms with E-state index in [2.05, 4.69) is 25.1 Å². The molecule has 98 valence electrons. The Balaban J connectivity index is 2.62. The van der Waals surface area contributed by atoms with Gasteiger partial charge < -0.3 is 5.73 Å². The lowest BCUT2D eigenvalue weighted by atomic mass is 9.73. The minimum atomic E-state index is 0.0869. The zero-order valence-electron chi connectivity index (χ0n) is 11.6. The van der Waals surface area contributed by atoms with Gasteiger partial charge in [-0.3, -0.25) is 5.32 Å². The zero-order chi connectivity index (χ0) is 12.9. The first-order valence-corrected chi connectivity index (χ1v) is 6.95. The van der Waals surface area contributed by atoms with E-state index >= 15 is 0 Å². The number of terminal acetylenes is 1. The van der Waals surface area contributed by atoms with Crippen LogP contribution >= 0.6 is 0 Å². The van der Waals surface area contributed by atoms with Crippen molar-refractivity contribution in [2.75, 3.05) is 6.54 Å². The van der Waals surface area contributed by atoms with Crippen LogP contribution < -0.4 is 11.1 Å². The van der Waals surface area contributed by atoms with Crippen molar-refractivity contribution in [1.82, 2.24) is 5.32 Å². The van der Waals surface area contributed by atoms with Crippen molar-refractivity contribution >= 4 is 0 Å². The van der Waals surface area contributed by atoms with Crippen LogP contribution in [0.25, 0.3) is 0 Å². The van der Waals surface area contributed by atoms with E-state index in [9.17, 15) is 0 Å². The van der Waals surface area contributed by atoms with E-state index < -0.39 is 0 Å². The van der Waals surface area contributed by atoms with Crippen LogP contribution in [0.2, 0.25) is 0 Å². The summed E-state index contributed by atoms with van der Waals surface area (Å²) in [5.74, 6) is 4.35. The SMILES string of the molecule is C#CC(C)NC1(CN)CCCC(CC(C)C)C1. The van der Waals surface area contributed by atoms with Gasteiger partial charge >= 0.3 is 0 Å². The average molecular weight is 236 g/mol. The molecule has 0 aromatic carbocycles. The predicted octanol–water partition coefficient (Wildman–Crippen LogP) is 2.53. The van der Waals surface area contributed by atoms with Crippen LogP contribution in [-0.4, -0.2) is 18.1 Å². The fourth-order valence-electron chi connectivity index (χ4n) is 3.23. The van der Waals surface area contributed by atoms with Crippen molar-refractivity contribution in [2.45, 2.75) is 64.5 Å². The van der Waals surface area contributed by atoms with Gasteiger partial charge in [-0.25, -0.2) is 0 Å². The Bertz CT molecular complexity index is 267. The Labute approximate surface area is 107 Å². The normalized spacial score (nSPS) is 31.2. The van der Waals surface area contributed by atoms with E-state index in [0.29, 0.717) is 6.54 Å². The molecule has 17 heavy (non-hydrogen) atoms. The molecule has 0 aliphatic heterocycles. The first-order chi connectivity index (χ1) is 8.01. The molecule has 1 saturated carbocycles. The summed E-state index contributed by atoms with van der Waals surface area (Å²) in [7, 11) is 0. The summed E-state index contributed by atoms with van der Waals surface area (Å²) >= 11 is 0. The van der Waals surface area contributed by atoms with Crippen molar-refractivity contribution in [3.05, 3.63) is 0 Å². The highest BCUT2D eigenvalue weighted by molar-refractivity contribution is 5.03. The fourth-order valence-corrected chi connectivity index (χ4v) is 3.23. The number of hydrogen-bond acceptors (Lipinski definition) is 2. The molecule has 0 heterocycles. The largest absolute Gasteiger partial charge is 0.329 e. The lowest BCUT2D eigenvalue weighted by molar-refractivity contribution is 0.163. The molecule has 0 amide bonds. The number of hydrogen-bond donors (Lipinski definition) is 2. The first-order valence-electron chi connectivity index (χ1n) is 6.95. The molecule has 0 radical (unpaired) electrons. The standard InChI is InChI=1S/C15H28N2/c1-5-13(4)17-15(11-16)8-6-7-14(10-15)9-12(2)3/h1,12-14,17H,6-11,16H2,2-4H3. The molecular formula is C15H28N2. The topological polar surface area (TPSA) is 38.0 Å². The molecule has 1 aliphatic carbocycles. The smallest absolute Gasteiger partial charge is 0.0663 e. The van der Waals surface area contributed by atoms with E-state index in [-0.39, 0.29) is 11.6 Å². The summed E-state index contributed by atoms with van der Waals surface area (Å²) in [5, 5.41) is 3.57. The molecule has 0 aromatic rings. The maximum Gasteiger partial charge on any atom is 0.0663 e. The number of rotatable bonds is 5. The molecule has 2 heteroatoms. The van der Waals surface area contributed by atoms with Crippen LogP contribution in [0.4, 0.5) is 0 Å². The average Bonchev–Trinajstić information content (AvgIpc) is 2.28. The molecule has 3 unspecified atom stereocenters. The molecular weight excluding hydrogens is 208 g/mol. The Morgan fingerprint density at radius 3 is 2.71 bits per heavy atom. The van der Waals surface area contributed by atoms with Gasteiger partial charge in [-0.15, -0.1) is 6.42 Å². The lowest BCUT2D eigenvalue weighted by Crippen LogP contribution is -2.56. The molecule has 2 nitrogen and oxygen atoms in total. The molecule has 1 fully saturated rings. The van der Waals surface area contributed by atoms with Crippen LogP contribution in [-0.2, 0) is 0 Å². The summed E-state index contributed by atoms with van der Waals surface area (Å²) in [5.41, 5.74) is 6.09.